The number of nitrogens with zero attached hydrogens (tertiary/aromatic N) is 2. The molecule has 0 fully saturated rings. The summed E-state index contributed by atoms with van der Waals surface area (Å²) in [5, 5.41) is 1.41. The van der Waals surface area contributed by atoms with E-state index in [4.69, 9.17) is 10.5 Å². The largest absolute Gasteiger partial charge is 0.491 e. The van der Waals surface area contributed by atoms with Gasteiger partial charge < -0.3 is 15.5 Å². The monoisotopic (exact) mass is 430 g/mol. The number of nitrogen functional groups attached to an aromatic ring is 1. The van der Waals surface area contributed by atoms with Crippen molar-refractivity contribution < 1.29 is 9.13 Å². The summed E-state index contributed by atoms with van der Waals surface area (Å²) in [5.74, 6) is 0.287. The summed E-state index contributed by atoms with van der Waals surface area (Å²) in [4.78, 5) is 20.9. The van der Waals surface area contributed by atoms with Crippen LogP contribution in [0.15, 0.2) is 53.5 Å². The first-order valence-corrected chi connectivity index (χ1v) is 10.4. The van der Waals surface area contributed by atoms with Gasteiger partial charge in [0.05, 0.1) is 6.04 Å². The predicted molar refractivity (Wildman–Crippen MR) is 124 cm³/mol. The van der Waals surface area contributed by atoms with E-state index in [2.05, 4.69) is 14.9 Å². The molecule has 1 aliphatic heterocycles. The highest BCUT2D eigenvalue weighted by atomic mass is 19.1. The Morgan fingerprint density at radius 3 is 2.62 bits per heavy atom. The number of H-pyrrole nitrogens is 1. The third-order valence-electron chi connectivity index (χ3n) is 6.13. The number of halogens is 1. The number of anilines is 1. The second-order valence-corrected chi connectivity index (χ2v) is 8.36. The molecule has 0 saturated carbocycles. The van der Waals surface area contributed by atoms with E-state index < -0.39 is 5.95 Å². The number of hydrogen-bond acceptors (Lipinski definition) is 5. The zero-order chi connectivity index (χ0) is 22.6. The smallest absolute Gasteiger partial charge is 0.255 e. The van der Waals surface area contributed by atoms with E-state index in [9.17, 15) is 9.18 Å². The molecule has 1 aliphatic rings. The Morgan fingerprint density at radius 1 is 1.09 bits per heavy atom. The molecule has 0 bridgehead atoms. The van der Waals surface area contributed by atoms with Gasteiger partial charge in [0, 0.05) is 28.3 Å². The van der Waals surface area contributed by atoms with Gasteiger partial charge in [-0.25, -0.2) is 4.98 Å². The van der Waals surface area contributed by atoms with Crippen LogP contribution in [0, 0.1) is 12.9 Å². The number of nitrogens with one attached hydrogen (secondary N) is 1. The second kappa shape index (κ2) is 7.46. The summed E-state index contributed by atoms with van der Waals surface area (Å²) in [7, 11) is 3.98. The standard InChI is InChI=1S/C25H23FN4O2/c1-13-11-28-25(31)16-6-4-15(8-17(13)16)19-10-18(23(26)29-24(19)27)14-5-7-22-20(9-14)21(12-32-22)30(2)3/h4-11,21H,12H2,1-3H3,(H2,27,29)(H,28,31). The van der Waals surface area contributed by atoms with Gasteiger partial charge in [0.15, 0.2) is 0 Å². The van der Waals surface area contributed by atoms with Crippen molar-refractivity contribution in [3.05, 3.63) is 76.1 Å². The highest BCUT2D eigenvalue weighted by molar-refractivity contribution is 5.91. The number of hydrogen-bond donors (Lipinski definition) is 2. The zero-order valence-electron chi connectivity index (χ0n) is 18.1. The number of aryl methyl sites for hydroxylation is 1. The Labute approximate surface area is 184 Å². The van der Waals surface area contributed by atoms with Crippen molar-refractivity contribution in [2.45, 2.75) is 13.0 Å². The van der Waals surface area contributed by atoms with Crippen LogP contribution in [0.2, 0.25) is 0 Å². The third kappa shape index (κ3) is 3.22. The Bertz CT molecular complexity index is 1430. The summed E-state index contributed by atoms with van der Waals surface area (Å²) in [6, 6.07) is 13.0. The molecule has 162 valence electrons. The summed E-state index contributed by atoms with van der Waals surface area (Å²) in [6.07, 6.45) is 1.68. The summed E-state index contributed by atoms with van der Waals surface area (Å²) < 4.78 is 20.7. The Kier molecular flexibility index (Phi) is 4.71. The fraction of sp³-hybridized carbons (Fsp3) is 0.200. The van der Waals surface area contributed by atoms with Gasteiger partial charge in [-0.3, -0.25) is 9.69 Å². The lowest BCUT2D eigenvalue weighted by Crippen LogP contribution is -2.20. The maximum Gasteiger partial charge on any atom is 0.255 e. The minimum atomic E-state index is -0.625. The van der Waals surface area contributed by atoms with E-state index in [1.54, 1.807) is 18.3 Å². The SMILES string of the molecule is Cc1c[nH]c(=O)c2ccc(-c3cc(-c4ccc5c(c4)C(N(C)C)CO5)c(F)nc3N)cc12. The van der Waals surface area contributed by atoms with Gasteiger partial charge in [0.2, 0.25) is 5.95 Å². The lowest BCUT2D eigenvalue weighted by Gasteiger charge is -2.18. The average Bonchev–Trinajstić information content (AvgIpc) is 3.20. The summed E-state index contributed by atoms with van der Waals surface area (Å²) in [5.41, 5.74) is 10.4. The van der Waals surface area contributed by atoms with E-state index in [1.807, 2.05) is 51.4 Å². The third-order valence-corrected chi connectivity index (χ3v) is 6.13. The summed E-state index contributed by atoms with van der Waals surface area (Å²) in [6.45, 7) is 2.49. The van der Waals surface area contributed by atoms with Crippen LogP contribution in [-0.4, -0.2) is 35.6 Å². The van der Waals surface area contributed by atoms with Gasteiger partial charge in [-0.05, 0) is 73.4 Å². The van der Waals surface area contributed by atoms with Crippen molar-refractivity contribution in [3.63, 3.8) is 0 Å². The van der Waals surface area contributed by atoms with Crippen LogP contribution in [0.4, 0.5) is 10.2 Å². The molecule has 1 unspecified atom stereocenters. The molecule has 7 heteroatoms. The number of pyridine rings is 2. The van der Waals surface area contributed by atoms with Crippen LogP contribution in [-0.2, 0) is 0 Å². The fourth-order valence-corrected chi connectivity index (χ4v) is 4.30. The molecule has 0 amide bonds. The van der Waals surface area contributed by atoms with Crippen molar-refractivity contribution >= 4 is 16.6 Å². The van der Waals surface area contributed by atoms with Crippen LogP contribution in [0.25, 0.3) is 33.0 Å². The number of ether oxygens (including phenoxy) is 1. The lowest BCUT2D eigenvalue weighted by atomic mass is 9.96. The number of nitrogens with two attached hydrogens (primary N) is 1. The topological polar surface area (TPSA) is 84.2 Å². The van der Waals surface area contributed by atoms with Gasteiger partial charge in [-0.1, -0.05) is 12.1 Å². The van der Waals surface area contributed by atoms with Crippen LogP contribution in [0.1, 0.15) is 17.2 Å². The molecule has 6 nitrogen and oxygen atoms in total. The van der Waals surface area contributed by atoms with E-state index in [-0.39, 0.29) is 17.4 Å². The van der Waals surface area contributed by atoms with Crippen LogP contribution in [0.5, 0.6) is 5.75 Å². The Morgan fingerprint density at radius 2 is 1.84 bits per heavy atom. The maximum absolute atomic E-state index is 14.9. The number of rotatable bonds is 3. The number of benzene rings is 2. The molecule has 2 aromatic carbocycles. The van der Waals surface area contributed by atoms with Gasteiger partial charge in [-0.2, -0.15) is 4.39 Å². The van der Waals surface area contributed by atoms with E-state index in [1.165, 1.54) is 0 Å². The average molecular weight is 430 g/mol. The molecular formula is C25H23FN4O2. The number of aromatic nitrogens is 2. The summed E-state index contributed by atoms with van der Waals surface area (Å²) >= 11 is 0. The van der Waals surface area contributed by atoms with Crippen LogP contribution in [0.3, 0.4) is 0 Å². The molecule has 0 radical (unpaired) electrons. The van der Waals surface area contributed by atoms with E-state index in [0.717, 1.165) is 27.8 Å². The van der Waals surface area contributed by atoms with E-state index in [0.29, 0.717) is 28.7 Å². The van der Waals surface area contributed by atoms with Crippen molar-refractivity contribution in [2.24, 2.45) is 0 Å². The first-order valence-electron chi connectivity index (χ1n) is 10.4. The highest BCUT2D eigenvalue weighted by Crippen LogP contribution is 2.39. The molecular weight excluding hydrogens is 407 g/mol. The number of likely N-dealkylation sites (N-methyl/N-ethyl adjacent to an activating group) is 1. The van der Waals surface area contributed by atoms with E-state index >= 15 is 0 Å². The van der Waals surface area contributed by atoms with Crippen LogP contribution < -0.4 is 16.0 Å². The van der Waals surface area contributed by atoms with Gasteiger partial charge >= 0.3 is 0 Å². The number of aromatic amines is 1. The molecule has 2 aromatic heterocycles. The Hall–Kier alpha value is -3.71. The molecule has 3 N–H and O–H groups in total. The lowest BCUT2D eigenvalue weighted by molar-refractivity contribution is 0.227. The fourth-order valence-electron chi connectivity index (χ4n) is 4.30. The molecule has 0 saturated heterocycles. The van der Waals surface area contributed by atoms with Gasteiger partial charge in [0.1, 0.15) is 18.2 Å². The zero-order valence-corrected chi connectivity index (χ0v) is 18.1. The minimum Gasteiger partial charge on any atom is -0.491 e. The normalized spacial score (nSPS) is 15.2. The molecule has 32 heavy (non-hydrogen) atoms. The van der Waals surface area contributed by atoms with Crippen molar-refractivity contribution in [3.8, 4) is 28.0 Å². The van der Waals surface area contributed by atoms with Crippen molar-refractivity contribution in [2.75, 3.05) is 26.4 Å². The Balaban J connectivity index is 1.65. The molecule has 5 rings (SSSR count). The van der Waals surface area contributed by atoms with Gasteiger partial charge in [-0.15, -0.1) is 0 Å². The molecule has 1 atom stereocenters. The first-order chi connectivity index (χ1) is 15.3. The molecule has 4 aromatic rings. The number of fused-ring (bicyclic) bond motifs is 2. The molecule has 0 aliphatic carbocycles. The first kappa shape index (κ1) is 20.2. The van der Waals surface area contributed by atoms with Crippen molar-refractivity contribution in [1.29, 1.82) is 0 Å². The molecule has 3 heterocycles. The second-order valence-electron chi connectivity index (χ2n) is 8.36. The molecule has 0 spiro atoms. The van der Waals surface area contributed by atoms with Crippen molar-refractivity contribution in [1.82, 2.24) is 14.9 Å². The highest BCUT2D eigenvalue weighted by Gasteiger charge is 2.27. The van der Waals surface area contributed by atoms with Crippen LogP contribution >= 0.6 is 0 Å². The minimum absolute atomic E-state index is 0.101. The predicted octanol–water partition coefficient (Wildman–Crippen LogP) is 4.28. The van der Waals surface area contributed by atoms with Gasteiger partial charge in [0.25, 0.3) is 5.56 Å². The maximum atomic E-state index is 14.9. The quantitative estimate of drug-likeness (QED) is 0.474.